The summed E-state index contributed by atoms with van der Waals surface area (Å²) >= 11 is 6.08. The number of hydrogen-bond acceptors (Lipinski definition) is 5. The Bertz CT molecular complexity index is 982. The van der Waals surface area contributed by atoms with E-state index in [2.05, 4.69) is 16.0 Å². The molecular formula is C26H38ClN3O6. The van der Waals surface area contributed by atoms with E-state index in [1.54, 1.807) is 19.1 Å². The second kappa shape index (κ2) is 12.0. The van der Waals surface area contributed by atoms with Gasteiger partial charge in [0, 0.05) is 28.8 Å². The van der Waals surface area contributed by atoms with Crippen LogP contribution in [0.25, 0.3) is 0 Å². The quantitative estimate of drug-likeness (QED) is 0.351. The molecule has 0 spiro atoms. The lowest BCUT2D eigenvalue weighted by Crippen LogP contribution is -2.62. The standard InChI is InChI=1S/C26H38ClN3O6/c1-15(2)12-20(29-24(35)36-14-25(4,5)17-8-7-9-18(27)13-17)22(32)30-26(6,23(33)34)16(3)19-10-11-28-21(19)31/h7-9,13,15-16,19-20H,10-12,14H2,1-6H3,(H,28,31)(H,29,35)(H,30,32)(H,33,34). The Kier molecular flexibility index (Phi) is 9.77. The van der Waals surface area contributed by atoms with Gasteiger partial charge in [-0.15, -0.1) is 0 Å². The van der Waals surface area contributed by atoms with Crippen LogP contribution in [-0.2, 0) is 24.5 Å². The molecule has 1 aliphatic rings. The fourth-order valence-corrected chi connectivity index (χ4v) is 4.51. The van der Waals surface area contributed by atoms with Crippen LogP contribution in [0.5, 0.6) is 0 Å². The van der Waals surface area contributed by atoms with Crippen molar-refractivity contribution in [3.05, 3.63) is 34.9 Å². The number of carbonyl (C=O) groups is 4. The van der Waals surface area contributed by atoms with Crippen molar-refractivity contribution in [1.82, 2.24) is 16.0 Å². The minimum atomic E-state index is -1.71. The Morgan fingerprint density at radius 2 is 1.89 bits per heavy atom. The Morgan fingerprint density at radius 1 is 1.22 bits per heavy atom. The molecule has 4 unspecified atom stereocenters. The number of nitrogens with one attached hydrogen (secondary N) is 3. The lowest BCUT2D eigenvalue weighted by molar-refractivity contribution is -0.151. The zero-order chi connectivity index (χ0) is 27.3. The highest BCUT2D eigenvalue weighted by Crippen LogP contribution is 2.30. The van der Waals surface area contributed by atoms with E-state index in [1.165, 1.54) is 6.92 Å². The van der Waals surface area contributed by atoms with Gasteiger partial charge >= 0.3 is 12.1 Å². The Hall–Kier alpha value is -2.81. The van der Waals surface area contributed by atoms with E-state index in [1.807, 2.05) is 39.8 Å². The van der Waals surface area contributed by atoms with Gasteiger partial charge in [-0.3, -0.25) is 9.59 Å². The SMILES string of the molecule is CC(C)CC(NC(=O)OCC(C)(C)c1cccc(Cl)c1)C(=O)NC(C)(C(=O)O)C(C)C1CCNC1=O. The lowest BCUT2D eigenvalue weighted by atomic mass is 9.77. The number of aliphatic carboxylic acids is 1. The number of rotatable bonds is 11. The maximum Gasteiger partial charge on any atom is 0.407 e. The lowest BCUT2D eigenvalue weighted by Gasteiger charge is -2.36. The first kappa shape index (κ1) is 29.4. The minimum absolute atomic E-state index is 0.0260. The predicted octanol–water partition coefficient (Wildman–Crippen LogP) is 3.49. The normalized spacial score (nSPS) is 19.1. The van der Waals surface area contributed by atoms with Crippen LogP contribution in [-0.4, -0.2) is 53.7 Å². The molecule has 2 rings (SSSR count). The monoisotopic (exact) mass is 523 g/mol. The number of carboxylic acids is 1. The molecule has 1 aromatic rings. The van der Waals surface area contributed by atoms with Gasteiger partial charge in [-0.2, -0.15) is 0 Å². The van der Waals surface area contributed by atoms with Crippen LogP contribution in [0.3, 0.4) is 0 Å². The van der Waals surface area contributed by atoms with Gasteiger partial charge in [0.25, 0.3) is 0 Å². The zero-order valence-electron chi connectivity index (χ0n) is 21.8. The number of carbonyl (C=O) groups excluding carboxylic acids is 3. The molecule has 0 saturated carbocycles. The molecule has 1 aromatic carbocycles. The molecule has 10 heteroatoms. The third-order valence-corrected chi connectivity index (χ3v) is 7.15. The summed E-state index contributed by atoms with van der Waals surface area (Å²) < 4.78 is 5.44. The molecule has 0 aliphatic carbocycles. The van der Waals surface area contributed by atoms with Crippen molar-refractivity contribution in [2.75, 3.05) is 13.2 Å². The van der Waals surface area contributed by atoms with Crippen LogP contribution in [0, 0.1) is 17.8 Å². The van der Waals surface area contributed by atoms with E-state index in [4.69, 9.17) is 16.3 Å². The topological polar surface area (TPSA) is 134 Å². The summed E-state index contributed by atoms with van der Waals surface area (Å²) in [6, 6.07) is 6.25. The molecule has 36 heavy (non-hydrogen) atoms. The molecule has 3 amide bonds. The third-order valence-electron chi connectivity index (χ3n) is 6.92. The van der Waals surface area contributed by atoms with Gasteiger partial charge < -0.3 is 25.8 Å². The molecule has 0 aromatic heterocycles. The van der Waals surface area contributed by atoms with Crippen LogP contribution in [0.1, 0.15) is 59.9 Å². The van der Waals surface area contributed by atoms with Crippen molar-refractivity contribution in [3.63, 3.8) is 0 Å². The van der Waals surface area contributed by atoms with Crippen molar-refractivity contribution in [2.24, 2.45) is 17.8 Å². The van der Waals surface area contributed by atoms with Gasteiger partial charge in [0.2, 0.25) is 11.8 Å². The second-order valence-electron chi connectivity index (χ2n) is 10.8. The molecule has 1 saturated heterocycles. The van der Waals surface area contributed by atoms with Crippen molar-refractivity contribution in [2.45, 2.75) is 71.4 Å². The zero-order valence-corrected chi connectivity index (χ0v) is 22.6. The predicted molar refractivity (Wildman–Crippen MR) is 137 cm³/mol. The summed E-state index contributed by atoms with van der Waals surface area (Å²) in [4.78, 5) is 50.3. The average molecular weight is 524 g/mol. The van der Waals surface area contributed by atoms with Gasteiger partial charge in [0.15, 0.2) is 0 Å². The second-order valence-corrected chi connectivity index (χ2v) is 11.2. The van der Waals surface area contributed by atoms with E-state index in [0.29, 0.717) is 18.0 Å². The molecule has 0 radical (unpaired) electrons. The smallest absolute Gasteiger partial charge is 0.407 e. The molecule has 200 valence electrons. The fraction of sp³-hybridized carbons (Fsp3) is 0.615. The molecular weight excluding hydrogens is 486 g/mol. The number of alkyl carbamates (subject to hydrolysis) is 1. The number of amides is 3. The first-order valence-electron chi connectivity index (χ1n) is 12.2. The van der Waals surface area contributed by atoms with Gasteiger partial charge in [-0.25, -0.2) is 9.59 Å². The highest BCUT2D eigenvalue weighted by atomic mass is 35.5. The van der Waals surface area contributed by atoms with Crippen molar-refractivity contribution in [1.29, 1.82) is 0 Å². The summed E-state index contributed by atoms with van der Waals surface area (Å²) in [6.07, 6.45) is -0.0283. The molecule has 1 heterocycles. The van der Waals surface area contributed by atoms with Gasteiger partial charge in [-0.1, -0.05) is 58.4 Å². The number of ether oxygens (including phenoxy) is 1. The molecule has 9 nitrogen and oxygen atoms in total. The highest BCUT2D eigenvalue weighted by molar-refractivity contribution is 6.30. The number of benzene rings is 1. The summed E-state index contributed by atoms with van der Waals surface area (Å²) in [7, 11) is 0. The van der Waals surface area contributed by atoms with Crippen LogP contribution in [0.2, 0.25) is 5.02 Å². The molecule has 1 aliphatic heterocycles. The van der Waals surface area contributed by atoms with E-state index >= 15 is 0 Å². The van der Waals surface area contributed by atoms with Crippen LogP contribution in [0.4, 0.5) is 4.79 Å². The summed E-state index contributed by atoms with van der Waals surface area (Å²) in [5.41, 5.74) is -1.35. The summed E-state index contributed by atoms with van der Waals surface area (Å²) in [6.45, 7) is 11.1. The van der Waals surface area contributed by atoms with E-state index in [0.717, 1.165) is 5.56 Å². The highest BCUT2D eigenvalue weighted by Gasteiger charge is 2.48. The molecule has 1 fully saturated rings. The Labute approximate surface area is 217 Å². The van der Waals surface area contributed by atoms with E-state index in [9.17, 15) is 24.3 Å². The number of hydrogen-bond donors (Lipinski definition) is 4. The summed E-state index contributed by atoms with van der Waals surface area (Å²) in [5.74, 6) is -3.32. The van der Waals surface area contributed by atoms with Crippen molar-refractivity contribution < 1.29 is 29.0 Å². The maximum absolute atomic E-state index is 13.2. The molecule has 4 atom stereocenters. The first-order chi connectivity index (χ1) is 16.7. The number of halogens is 1. The van der Waals surface area contributed by atoms with Crippen LogP contribution < -0.4 is 16.0 Å². The summed E-state index contributed by atoms with van der Waals surface area (Å²) in [5, 5.41) is 18.4. The van der Waals surface area contributed by atoms with Gasteiger partial charge in [-0.05, 0) is 43.4 Å². The average Bonchev–Trinajstić information content (AvgIpc) is 3.21. The Balaban J connectivity index is 2.11. The fourth-order valence-electron chi connectivity index (χ4n) is 4.32. The van der Waals surface area contributed by atoms with E-state index < -0.39 is 46.8 Å². The molecule has 4 N–H and O–H groups in total. The largest absolute Gasteiger partial charge is 0.480 e. The van der Waals surface area contributed by atoms with Crippen molar-refractivity contribution >= 4 is 35.5 Å². The van der Waals surface area contributed by atoms with Gasteiger partial charge in [0.1, 0.15) is 18.2 Å². The third kappa shape index (κ3) is 7.35. The van der Waals surface area contributed by atoms with Crippen molar-refractivity contribution in [3.8, 4) is 0 Å². The number of carboxylic acid groups (broad SMARTS) is 1. The Morgan fingerprint density at radius 3 is 2.42 bits per heavy atom. The first-order valence-corrected chi connectivity index (χ1v) is 12.6. The van der Waals surface area contributed by atoms with Gasteiger partial charge in [0.05, 0.1) is 0 Å². The van der Waals surface area contributed by atoms with Crippen LogP contribution in [0.15, 0.2) is 24.3 Å². The van der Waals surface area contributed by atoms with Crippen LogP contribution >= 0.6 is 11.6 Å². The molecule has 0 bridgehead atoms. The minimum Gasteiger partial charge on any atom is -0.480 e. The van der Waals surface area contributed by atoms with E-state index in [-0.39, 0.29) is 24.9 Å². The maximum atomic E-state index is 13.2.